The highest BCUT2D eigenvalue weighted by atomic mass is 32.3. The molecule has 0 saturated heterocycles. The molecule has 0 amide bonds. The Morgan fingerprint density at radius 2 is 0.852 bits per heavy atom. The van der Waals surface area contributed by atoms with Crippen LogP contribution in [-0.4, -0.2) is 21.9 Å². The van der Waals surface area contributed by atoms with Gasteiger partial charge in [0.2, 0.25) is 16.6 Å². The molecule has 14 heteroatoms. The van der Waals surface area contributed by atoms with E-state index in [0.29, 0.717) is 0 Å². The van der Waals surface area contributed by atoms with Crippen molar-refractivity contribution < 1.29 is 51.5 Å². The minimum Gasteiger partial charge on any atom is -0.375 e. The standard InChI is InChI=1S/C13H6F6O6S2/c14-6-1-8(16)12(9(17)2-6)24-26(20,21)5-27(22,23)25-13-10(18)3-7(15)4-11(13)19/h1-4H,5H2. The minimum atomic E-state index is -5.34. The van der Waals surface area contributed by atoms with Crippen molar-refractivity contribution in [2.45, 2.75) is 0 Å². The number of hydrogen-bond acceptors (Lipinski definition) is 6. The van der Waals surface area contributed by atoms with E-state index >= 15 is 0 Å². The SMILES string of the molecule is O=S(=O)(CS(=O)(=O)Oc1c(F)cc(F)cc1F)Oc1c(F)cc(F)cc1F. The quantitative estimate of drug-likeness (QED) is 0.511. The predicted molar refractivity (Wildman–Crippen MR) is 76.6 cm³/mol. The molecular weight excluding hydrogens is 430 g/mol. The van der Waals surface area contributed by atoms with E-state index in [-0.39, 0.29) is 24.3 Å². The Labute approximate surface area is 148 Å². The molecule has 0 aliphatic carbocycles. The van der Waals surface area contributed by atoms with Gasteiger partial charge in [-0.3, -0.25) is 0 Å². The summed E-state index contributed by atoms with van der Waals surface area (Å²) in [6.45, 7) is 0. The summed E-state index contributed by atoms with van der Waals surface area (Å²) < 4.78 is 134. The van der Waals surface area contributed by atoms with Crippen molar-refractivity contribution in [2.75, 3.05) is 5.08 Å². The van der Waals surface area contributed by atoms with Gasteiger partial charge in [-0.2, -0.15) is 16.8 Å². The molecule has 6 nitrogen and oxygen atoms in total. The summed E-state index contributed by atoms with van der Waals surface area (Å²) in [6.07, 6.45) is 0. The maximum atomic E-state index is 13.4. The van der Waals surface area contributed by atoms with Crippen LogP contribution in [0.4, 0.5) is 26.3 Å². The van der Waals surface area contributed by atoms with Crippen LogP contribution in [0.2, 0.25) is 0 Å². The van der Waals surface area contributed by atoms with Crippen molar-refractivity contribution in [3.05, 3.63) is 59.2 Å². The first-order valence-electron chi connectivity index (χ1n) is 6.43. The number of halogens is 6. The van der Waals surface area contributed by atoms with Crippen LogP contribution in [0.15, 0.2) is 24.3 Å². The molecule has 0 heterocycles. The van der Waals surface area contributed by atoms with E-state index in [4.69, 9.17) is 0 Å². The van der Waals surface area contributed by atoms with E-state index in [9.17, 15) is 43.2 Å². The summed E-state index contributed by atoms with van der Waals surface area (Å²) >= 11 is 0. The van der Waals surface area contributed by atoms with Crippen molar-refractivity contribution in [3.63, 3.8) is 0 Å². The average molecular weight is 436 g/mol. The highest BCUT2D eigenvalue weighted by Crippen LogP contribution is 2.27. The summed E-state index contributed by atoms with van der Waals surface area (Å²) in [7, 11) is -10.7. The Kier molecular flexibility index (Phi) is 5.60. The number of benzene rings is 2. The summed E-state index contributed by atoms with van der Waals surface area (Å²) in [5, 5.41) is -2.13. The monoisotopic (exact) mass is 436 g/mol. The Bertz CT molecular complexity index is 967. The average Bonchev–Trinajstić information content (AvgIpc) is 2.45. The Morgan fingerprint density at radius 3 is 1.11 bits per heavy atom. The lowest BCUT2D eigenvalue weighted by Crippen LogP contribution is -2.26. The minimum absolute atomic E-state index is 0.0577. The van der Waals surface area contributed by atoms with Crippen LogP contribution < -0.4 is 8.37 Å². The van der Waals surface area contributed by atoms with Gasteiger partial charge in [0.05, 0.1) is 0 Å². The fourth-order valence-electron chi connectivity index (χ4n) is 1.70. The molecule has 0 spiro atoms. The van der Waals surface area contributed by atoms with Gasteiger partial charge >= 0.3 is 20.2 Å². The summed E-state index contributed by atoms with van der Waals surface area (Å²) in [5.41, 5.74) is 0. The topological polar surface area (TPSA) is 86.7 Å². The second-order valence-electron chi connectivity index (χ2n) is 4.80. The molecular formula is C13H6F6O6S2. The zero-order valence-corrected chi connectivity index (χ0v) is 14.2. The second kappa shape index (κ2) is 7.26. The molecule has 0 atom stereocenters. The molecule has 0 unspecified atom stereocenters. The molecule has 2 rings (SSSR count). The molecule has 0 N–H and O–H groups in total. The van der Waals surface area contributed by atoms with Crippen molar-refractivity contribution in [1.29, 1.82) is 0 Å². The molecule has 0 bridgehead atoms. The van der Waals surface area contributed by atoms with Gasteiger partial charge < -0.3 is 8.37 Å². The molecule has 0 aliphatic heterocycles. The first-order chi connectivity index (χ1) is 12.3. The van der Waals surface area contributed by atoms with E-state index in [1.807, 2.05) is 0 Å². The largest absolute Gasteiger partial charge is 0.375 e. The van der Waals surface area contributed by atoms with E-state index in [0.717, 1.165) is 0 Å². The molecule has 0 radical (unpaired) electrons. The van der Waals surface area contributed by atoms with Crippen LogP contribution >= 0.6 is 0 Å². The van der Waals surface area contributed by atoms with Gasteiger partial charge in [0, 0.05) is 24.3 Å². The van der Waals surface area contributed by atoms with Crippen molar-refractivity contribution in [2.24, 2.45) is 0 Å². The first-order valence-corrected chi connectivity index (χ1v) is 9.58. The maximum Gasteiger partial charge on any atom is 0.327 e. The Hall–Kier alpha value is -2.48. The van der Waals surface area contributed by atoms with Crippen LogP contribution in [0, 0.1) is 34.9 Å². The number of rotatable bonds is 6. The zero-order valence-electron chi connectivity index (χ0n) is 12.6. The zero-order chi connectivity index (χ0) is 20.6. The molecule has 148 valence electrons. The van der Waals surface area contributed by atoms with Crippen LogP contribution in [-0.2, 0) is 20.2 Å². The molecule has 2 aromatic rings. The summed E-state index contributed by atoms with van der Waals surface area (Å²) in [5.74, 6) is -13.3. The van der Waals surface area contributed by atoms with Gasteiger partial charge in [-0.1, -0.05) is 0 Å². The fourth-order valence-corrected chi connectivity index (χ4v) is 4.32. The van der Waals surface area contributed by atoms with E-state index in [2.05, 4.69) is 8.37 Å². The molecule has 0 aliphatic rings. The molecule has 0 fully saturated rings. The summed E-state index contributed by atoms with van der Waals surface area (Å²) in [4.78, 5) is 0. The normalized spacial score (nSPS) is 12.1. The third-order valence-electron chi connectivity index (χ3n) is 2.64. The maximum absolute atomic E-state index is 13.4. The predicted octanol–water partition coefficient (Wildman–Crippen LogP) is 2.60. The van der Waals surface area contributed by atoms with E-state index < -0.39 is 71.7 Å². The molecule has 2 aromatic carbocycles. The molecule has 0 aromatic heterocycles. The highest BCUT2D eigenvalue weighted by Gasteiger charge is 2.30. The van der Waals surface area contributed by atoms with Gasteiger partial charge in [-0.15, -0.1) is 0 Å². The molecule has 0 saturated carbocycles. The van der Waals surface area contributed by atoms with Crippen LogP contribution in [0.5, 0.6) is 11.5 Å². The third kappa shape index (κ3) is 5.26. The Balaban J connectivity index is 2.27. The van der Waals surface area contributed by atoms with Gasteiger partial charge in [0.15, 0.2) is 23.3 Å². The van der Waals surface area contributed by atoms with Gasteiger partial charge in [-0.25, -0.2) is 26.3 Å². The van der Waals surface area contributed by atoms with Crippen molar-refractivity contribution in [1.82, 2.24) is 0 Å². The van der Waals surface area contributed by atoms with Gasteiger partial charge in [-0.05, 0) is 0 Å². The molecule has 27 heavy (non-hydrogen) atoms. The van der Waals surface area contributed by atoms with Crippen molar-refractivity contribution >= 4 is 20.2 Å². The van der Waals surface area contributed by atoms with E-state index in [1.165, 1.54) is 0 Å². The van der Waals surface area contributed by atoms with Crippen LogP contribution in [0.1, 0.15) is 0 Å². The van der Waals surface area contributed by atoms with Crippen LogP contribution in [0.3, 0.4) is 0 Å². The lowest BCUT2D eigenvalue weighted by molar-refractivity contribution is 0.419. The fraction of sp³-hybridized carbons (Fsp3) is 0.0769. The van der Waals surface area contributed by atoms with Gasteiger partial charge in [0.25, 0.3) is 0 Å². The lowest BCUT2D eigenvalue weighted by atomic mass is 10.3. The lowest BCUT2D eigenvalue weighted by Gasteiger charge is -2.11. The van der Waals surface area contributed by atoms with Gasteiger partial charge in [0.1, 0.15) is 11.6 Å². The first kappa shape index (κ1) is 20.8. The van der Waals surface area contributed by atoms with Crippen molar-refractivity contribution in [3.8, 4) is 11.5 Å². The Morgan fingerprint density at radius 1 is 0.593 bits per heavy atom. The third-order valence-corrected chi connectivity index (χ3v) is 5.79. The second-order valence-corrected chi connectivity index (χ2v) is 8.30. The summed E-state index contributed by atoms with van der Waals surface area (Å²) in [6, 6.07) is 0.231. The van der Waals surface area contributed by atoms with E-state index in [1.54, 1.807) is 0 Å². The smallest absolute Gasteiger partial charge is 0.327 e. The highest BCUT2D eigenvalue weighted by molar-refractivity contribution is 8.04. The van der Waals surface area contributed by atoms with Crippen LogP contribution in [0.25, 0.3) is 0 Å². The number of hydrogen-bond donors (Lipinski definition) is 0.